The Morgan fingerprint density at radius 1 is 0.533 bits per heavy atom. The number of nitrogens with one attached hydrogen (secondary N) is 6. The van der Waals surface area contributed by atoms with Crippen LogP contribution in [0.2, 0.25) is 0 Å². The van der Waals surface area contributed by atoms with E-state index in [9.17, 15) is 63.3 Å². The van der Waals surface area contributed by atoms with Gasteiger partial charge in [-0.2, -0.15) is 0 Å². The smallest absolute Gasteiger partial charge is 0.335 e. The number of carboxylic acids is 4. The summed E-state index contributed by atoms with van der Waals surface area (Å²) in [5.41, 5.74) is 10.8. The average molecular weight is 1040 g/mol. The van der Waals surface area contributed by atoms with E-state index in [1.165, 1.54) is 12.1 Å². The average Bonchev–Trinajstić information content (AvgIpc) is 3.38. The molecule has 0 bridgehead atoms. The number of hydrogen-bond acceptors (Lipinski definition) is 11. The standard InChI is InChI=1S/C51H66N10O14/c52-60-55-29-12-28-54-46(67)40(31-34-13-4-1-5-14-34)57-47(68)41(32-35-15-6-2-7-16-35)56-43(63)25-24-42(62)53-27-10-3-8-18-44(64)61(33-36-19-21-37(22-20-36)48(69)70)30-11-9-17-38(49(71)72)58-51(75)59-39(50(73)74)23-26-45(65)66/h1-2,4-7,13-16,19-22,38-41H,3,8-12,17-18,23-33H2,(H,53,62)(H,54,67)(H,56,63)(H,57,68)(H,65,66)(H,69,70)(H,71,72)(H,73,74)(H2,58,59,75)/t38-,39-,40-,41-/m0/s1. The van der Waals surface area contributed by atoms with Crippen molar-refractivity contribution in [2.24, 2.45) is 5.11 Å². The minimum atomic E-state index is -1.57. The van der Waals surface area contributed by atoms with Crippen LogP contribution >= 0.6 is 0 Å². The Hall–Kier alpha value is -8.53. The number of rotatable bonds is 36. The molecule has 0 spiro atoms. The minimum Gasteiger partial charge on any atom is -0.481 e. The van der Waals surface area contributed by atoms with Crippen molar-refractivity contribution in [2.75, 3.05) is 26.2 Å². The lowest BCUT2D eigenvalue weighted by atomic mass is 10.0. The maximum absolute atomic E-state index is 13.8. The van der Waals surface area contributed by atoms with Gasteiger partial charge < -0.3 is 57.2 Å². The number of unbranched alkanes of at least 4 members (excludes halogenated alkanes) is 3. The highest BCUT2D eigenvalue weighted by atomic mass is 16.4. The molecule has 0 fully saturated rings. The topological polar surface area (TPSA) is 376 Å². The summed E-state index contributed by atoms with van der Waals surface area (Å²) in [7, 11) is 0. The number of urea groups is 1. The van der Waals surface area contributed by atoms with E-state index in [0.29, 0.717) is 37.7 Å². The van der Waals surface area contributed by atoms with Crippen molar-refractivity contribution >= 4 is 59.4 Å². The lowest BCUT2D eigenvalue weighted by Gasteiger charge is -2.24. The molecule has 3 aromatic carbocycles. The maximum Gasteiger partial charge on any atom is 0.335 e. The fourth-order valence-electron chi connectivity index (χ4n) is 7.52. The first-order chi connectivity index (χ1) is 35.9. The van der Waals surface area contributed by atoms with Gasteiger partial charge in [-0.05, 0) is 79.3 Å². The fourth-order valence-corrected chi connectivity index (χ4v) is 7.52. The molecule has 7 amide bonds. The first-order valence-electron chi connectivity index (χ1n) is 24.5. The summed E-state index contributed by atoms with van der Waals surface area (Å²) in [6, 6.07) is 17.8. The predicted octanol–water partition coefficient (Wildman–Crippen LogP) is 3.68. The van der Waals surface area contributed by atoms with Gasteiger partial charge >= 0.3 is 29.9 Å². The molecule has 0 saturated heterocycles. The van der Waals surface area contributed by atoms with Crippen LogP contribution in [-0.4, -0.2) is 135 Å². The third-order valence-electron chi connectivity index (χ3n) is 11.6. The van der Waals surface area contributed by atoms with E-state index in [2.05, 4.69) is 41.9 Å². The zero-order valence-corrected chi connectivity index (χ0v) is 41.5. The summed E-state index contributed by atoms with van der Waals surface area (Å²) in [6.07, 6.45) is 1.27. The summed E-state index contributed by atoms with van der Waals surface area (Å²) in [5.74, 6) is -7.57. The van der Waals surface area contributed by atoms with Crippen molar-refractivity contribution in [3.8, 4) is 0 Å². The van der Waals surface area contributed by atoms with E-state index >= 15 is 0 Å². The summed E-state index contributed by atoms with van der Waals surface area (Å²) in [4.78, 5) is 129. The highest BCUT2D eigenvalue weighted by molar-refractivity contribution is 5.93. The van der Waals surface area contributed by atoms with Crippen LogP contribution in [0.4, 0.5) is 4.79 Å². The molecule has 24 heteroatoms. The molecule has 24 nitrogen and oxygen atoms in total. The number of carbonyl (C=O) groups excluding carboxylic acids is 6. The molecule has 3 rings (SSSR count). The van der Waals surface area contributed by atoms with Gasteiger partial charge in [-0.25, -0.2) is 19.2 Å². The van der Waals surface area contributed by atoms with Crippen molar-refractivity contribution in [3.63, 3.8) is 0 Å². The third-order valence-corrected chi connectivity index (χ3v) is 11.6. The highest BCUT2D eigenvalue weighted by Crippen LogP contribution is 2.14. The molecule has 0 aromatic heterocycles. The van der Waals surface area contributed by atoms with Crippen molar-refractivity contribution in [3.05, 3.63) is 118 Å². The lowest BCUT2D eigenvalue weighted by Crippen LogP contribution is -2.55. The summed E-state index contributed by atoms with van der Waals surface area (Å²) >= 11 is 0. The van der Waals surface area contributed by atoms with Gasteiger partial charge in [0.1, 0.15) is 24.2 Å². The van der Waals surface area contributed by atoms with E-state index in [1.807, 2.05) is 24.3 Å². The SMILES string of the molecule is [N-]=[N+]=NCCCNC(=O)[C@H](Cc1ccccc1)NC(=O)[C@H](Cc1ccccc1)NC(=O)CCC(=O)NCCCCCC(=O)N(CCCC[C@H](NC(=O)N[C@@H](CCC(=O)O)C(=O)O)C(=O)O)Cc1ccc(C(=O)O)cc1. The van der Waals surface area contributed by atoms with Crippen LogP contribution in [-0.2, 0) is 57.7 Å². The van der Waals surface area contributed by atoms with Crippen LogP contribution in [0.25, 0.3) is 10.4 Å². The van der Waals surface area contributed by atoms with E-state index < -0.39 is 90.5 Å². The van der Waals surface area contributed by atoms with Crippen molar-refractivity contribution < 1.29 is 68.4 Å². The molecule has 0 aliphatic heterocycles. The Labute approximate surface area is 433 Å². The molecule has 404 valence electrons. The van der Waals surface area contributed by atoms with Gasteiger partial charge in [0.25, 0.3) is 0 Å². The number of carboxylic acid groups (broad SMARTS) is 4. The van der Waals surface area contributed by atoms with Crippen LogP contribution < -0.4 is 31.9 Å². The number of aromatic carboxylic acids is 1. The van der Waals surface area contributed by atoms with Crippen LogP contribution in [0.1, 0.15) is 104 Å². The molecule has 0 saturated carbocycles. The van der Waals surface area contributed by atoms with E-state index in [4.69, 9.17) is 10.6 Å². The molecule has 0 aliphatic rings. The Morgan fingerprint density at radius 3 is 1.68 bits per heavy atom. The molecule has 3 aromatic rings. The number of azide groups is 1. The quantitative estimate of drug-likeness (QED) is 0.0172. The van der Waals surface area contributed by atoms with Gasteiger partial charge in [0.15, 0.2) is 0 Å². The molecule has 0 aliphatic carbocycles. The summed E-state index contributed by atoms with van der Waals surface area (Å²) in [5, 5.41) is 56.0. The number of hydrogen-bond donors (Lipinski definition) is 10. The van der Waals surface area contributed by atoms with E-state index in [1.54, 1.807) is 53.4 Å². The molecule has 75 heavy (non-hydrogen) atoms. The van der Waals surface area contributed by atoms with Crippen molar-refractivity contribution in [1.82, 2.24) is 36.8 Å². The number of nitrogens with zero attached hydrogens (tertiary/aromatic N) is 4. The predicted molar refractivity (Wildman–Crippen MR) is 271 cm³/mol. The second kappa shape index (κ2) is 34.0. The second-order valence-electron chi connectivity index (χ2n) is 17.5. The second-order valence-corrected chi connectivity index (χ2v) is 17.5. The van der Waals surface area contributed by atoms with Crippen LogP contribution in [0.3, 0.4) is 0 Å². The van der Waals surface area contributed by atoms with Gasteiger partial charge in [0, 0.05) is 76.2 Å². The molecular formula is C51H66N10O14. The molecule has 10 N–H and O–H groups in total. The van der Waals surface area contributed by atoms with Gasteiger partial charge in [-0.3, -0.25) is 28.8 Å². The zero-order valence-electron chi connectivity index (χ0n) is 41.5. The molecule has 0 unspecified atom stereocenters. The maximum atomic E-state index is 13.8. The molecule has 4 atom stereocenters. The molecular weight excluding hydrogens is 977 g/mol. The third kappa shape index (κ3) is 25.1. The Morgan fingerprint density at radius 2 is 1.11 bits per heavy atom. The van der Waals surface area contributed by atoms with Gasteiger partial charge in [-0.1, -0.05) is 84.3 Å². The molecule has 0 radical (unpaired) electrons. The minimum absolute atomic E-state index is 0.0536. The number of aliphatic carboxylic acids is 3. The number of amides is 7. The van der Waals surface area contributed by atoms with Gasteiger partial charge in [0.2, 0.25) is 29.5 Å². The lowest BCUT2D eigenvalue weighted by molar-refractivity contribution is -0.141. The highest BCUT2D eigenvalue weighted by Gasteiger charge is 2.28. The monoisotopic (exact) mass is 1040 g/mol. The Balaban J connectivity index is 1.51. The fraction of sp³-hybridized carbons (Fsp3) is 0.451. The first-order valence-corrected chi connectivity index (χ1v) is 24.5. The van der Waals surface area contributed by atoms with Crippen LogP contribution in [0.5, 0.6) is 0 Å². The van der Waals surface area contributed by atoms with Gasteiger partial charge in [0.05, 0.1) is 5.56 Å². The Kier molecular flexibility index (Phi) is 27.5. The summed E-state index contributed by atoms with van der Waals surface area (Å²) < 4.78 is 0. The van der Waals surface area contributed by atoms with E-state index in [-0.39, 0.29) is 89.1 Å². The van der Waals surface area contributed by atoms with Crippen LogP contribution in [0, 0.1) is 0 Å². The van der Waals surface area contributed by atoms with Gasteiger partial charge in [-0.15, -0.1) is 0 Å². The van der Waals surface area contributed by atoms with Crippen molar-refractivity contribution in [2.45, 2.75) is 121 Å². The van der Waals surface area contributed by atoms with E-state index in [0.717, 1.165) is 11.1 Å². The number of benzene rings is 3. The largest absolute Gasteiger partial charge is 0.481 e. The normalized spacial score (nSPS) is 12.2. The van der Waals surface area contributed by atoms with Crippen LogP contribution in [0.15, 0.2) is 90.0 Å². The van der Waals surface area contributed by atoms with Crippen molar-refractivity contribution in [1.29, 1.82) is 0 Å². The Bertz CT molecular complexity index is 2420. The summed E-state index contributed by atoms with van der Waals surface area (Å²) in [6.45, 7) is 0.921. The first kappa shape index (κ1) is 60.8. The zero-order chi connectivity index (χ0) is 55.0. The number of carbonyl (C=O) groups is 10. The molecule has 0 heterocycles.